The highest BCUT2D eigenvalue weighted by Gasteiger charge is 2.54. The summed E-state index contributed by atoms with van der Waals surface area (Å²) in [6, 6.07) is -0.488. The van der Waals surface area contributed by atoms with Crippen molar-refractivity contribution in [2.45, 2.75) is 103 Å². The lowest BCUT2D eigenvalue weighted by Gasteiger charge is -2.34. The van der Waals surface area contributed by atoms with Crippen LogP contribution in [0.4, 0.5) is 4.79 Å². The number of imide groups is 1. The molecule has 0 aromatic heterocycles. The highest BCUT2D eigenvalue weighted by Crippen LogP contribution is 2.35. The molecule has 0 unspecified atom stereocenters. The molecule has 3 atom stereocenters. The number of cyclic esters (lactones) is 1. The van der Waals surface area contributed by atoms with Gasteiger partial charge in [0.05, 0.1) is 6.04 Å². The first-order chi connectivity index (χ1) is 16.1. The molecule has 2 rings (SSSR count). The summed E-state index contributed by atoms with van der Waals surface area (Å²) >= 11 is 0. The average Bonchev–Trinajstić information content (AvgIpc) is 3.03. The third-order valence-electron chi connectivity index (χ3n) is 6.34. The molecule has 34 heavy (non-hydrogen) atoms. The van der Waals surface area contributed by atoms with Gasteiger partial charge in [0.15, 0.2) is 18.0 Å². The Morgan fingerprint density at radius 3 is 2.32 bits per heavy atom. The predicted molar refractivity (Wildman–Crippen MR) is 128 cm³/mol. The molecule has 0 spiro atoms. The minimum Gasteiger partial charge on any atom is -0.479 e. The number of carbonyl (C=O) groups excluding carboxylic acids is 3. The van der Waals surface area contributed by atoms with E-state index in [0.717, 1.165) is 56.3 Å². The van der Waals surface area contributed by atoms with Crippen molar-refractivity contribution >= 4 is 17.8 Å². The van der Waals surface area contributed by atoms with Crippen molar-refractivity contribution in [2.75, 3.05) is 13.7 Å². The zero-order chi connectivity index (χ0) is 25.3. The Balaban J connectivity index is 1.98. The maximum atomic E-state index is 13.4. The number of ketones is 1. The van der Waals surface area contributed by atoms with E-state index in [1.165, 1.54) is 13.2 Å². The Bertz CT molecular complexity index is 771. The largest absolute Gasteiger partial charge is 0.479 e. The normalized spacial score (nSPS) is 24.0. The van der Waals surface area contributed by atoms with Crippen molar-refractivity contribution in [1.29, 1.82) is 0 Å². The van der Waals surface area contributed by atoms with Crippen LogP contribution in [-0.2, 0) is 23.8 Å². The van der Waals surface area contributed by atoms with Crippen LogP contribution < -0.4 is 0 Å². The van der Waals surface area contributed by atoms with E-state index in [4.69, 9.17) is 19.3 Å². The SMILES string of the molecule is CO[C@H](C(=O)N1C(=O)OC(C)(C)[C@@H]1C(C)C)[C@@H]1OC(=CCCCCCCCCCO)C=CC1=O. The molecule has 0 radical (unpaired) electrons. The maximum Gasteiger partial charge on any atom is 0.417 e. The van der Waals surface area contributed by atoms with Gasteiger partial charge in [-0.25, -0.2) is 9.69 Å². The van der Waals surface area contributed by atoms with Crippen LogP contribution in [0.5, 0.6) is 0 Å². The second-order valence-corrected chi connectivity index (χ2v) is 9.89. The van der Waals surface area contributed by atoms with Gasteiger partial charge in [-0.05, 0) is 57.3 Å². The molecule has 8 nitrogen and oxygen atoms in total. The van der Waals surface area contributed by atoms with Gasteiger partial charge >= 0.3 is 6.09 Å². The van der Waals surface area contributed by atoms with E-state index >= 15 is 0 Å². The summed E-state index contributed by atoms with van der Waals surface area (Å²) in [5.74, 6) is -0.540. The van der Waals surface area contributed by atoms with Crippen molar-refractivity contribution in [2.24, 2.45) is 5.92 Å². The van der Waals surface area contributed by atoms with Crippen molar-refractivity contribution in [3.05, 3.63) is 24.0 Å². The van der Waals surface area contributed by atoms with Crippen molar-refractivity contribution in [3.8, 4) is 0 Å². The molecule has 0 saturated carbocycles. The van der Waals surface area contributed by atoms with Gasteiger partial charge in [0.1, 0.15) is 11.4 Å². The van der Waals surface area contributed by atoms with E-state index in [2.05, 4.69) is 0 Å². The minimum absolute atomic E-state index is 0.0455. The summed E-state index contributed by atoms with van der Waals surface area (Å²) in [6.07, 6.45) is 10.0. The fraction of sp³-hybridized carbons (Fsp3) is 0.731. The molecule has 1 fully saturated rings. The van der Waals surface area contributed by atoms with Gasteiger partial charge in [0.25, 0.3) is 5.91 Å². The number of ether oxygens (including phenoxy) is 3. The average molecular weight is 480 g/mol. The van der Waals surface area contributed by atoms with Crippen molar-refractivity contribution in [1.82, 2.24) is 4.90 Å². The first-order valence-corrected chi connectivity index (χ1v) is 12.4. The summed E-state index contributed by atoms with van der Waals surface area (Å²) < 4.78 is 16.7. The predicted octanol–water partition coefficient (Wildman–Crippen LogP) is 4.30. The number of allylic oxidation sites excluding steroid dienone is 2. The van der Waals surface area contributed by atoms with E-state index in [-0.39, 0.29) is 18.3 Å². The zero-order valence-electron chi connectivity index (χ0n) is 21.2. The standard InChI is InChI=1S/C26H41NO7/c1-18(2)23-26(3,4)34-25(31)27(23)24(30)22(32-5)21-20(29)16-15-19(33-21)14-12-10-8-6-7-9-11-13-17-28/h14-16,18,21-23,28H,6-13,17H2,1-5H3/t21-,22+,23+/m1/s1. The summed E-state index contributed by atoms with van der Waals surface area (Å²) in [4.78, 5) is 39.6. The highest BCUT2D eigenvalue weighted by atomic mass is 16.6. The van der Waals surface area contributed by atoms with E-state index in [1.54, 1.807) is 19.9 Å². The Kier molecular flexibility index (Phi) is 10.8. The van der Waals surface area contributed by atoms with Gasteiger partial charge in [0, 0.05) is 13.7 Å². The lowest BCUT2D eigenvalue weighted by Crippen LogP contribution is -2.55. The quantitative estimate of drug-likeness (QED) is 0.393. The van der Waals surface area contributed by atoms with Crippen LogP contribution in [-0.4, -0.2) is 65.4 Å². The lowest BCUT2D eigenvalue weighted by molar-refractivity contribution is -0.154. The number of hydrogen-bond acceptors (Lipinski definition) is 7. The highest BCUT2D eigenvalue weighted by molar-refractivity contribution is 6.03. The van der Waals surface area contributed by atoms with Crippen molar-refractivity contribution in [3.63, 3.8) is 0 Å². The van der Waals surface area contributed by atoms with Crippen LogP contribution >= 0.6 is 0 Å². The molecular formula is C26H41NO7. The van der Waals surface area contributed by atoms with Crippen LogP contribution in [0.15, 0.2) is 24.0 Å². The van der Waals surface area contributed by atoms with Crippen LogP contribution in [0.25, 0.3) is 0 Å². The molecule has 0 aliphatic carbocycles. The van der Waals surface area contributed by atoms with E-state index < -0.39 is 35.9 Å². The number of hydrogen-bond donors (Lipinski definition) is 1. The minimum atomic E-state index is -1.26. The number of aliphatic hydroxyl groups is 1. The fourth-order valence-corrected chi connectivity index (χ4v) is 4.79. The smallest absolute Gasteiger partial charge is 0.417 e. The molecule has 0 aromatic rings. The summed E-state index contributed by atoms with van der Waals surface area (Å²) in [5.41, 5.74) is -0.847. The topological polar surface area (TPSA) is 102 Å². The summed E-state index contributed by atoms with van der Waals surface area (Å²) in [6.45, 7) is 7.63. The lowest BCUT2D eigenvalue weighted by atomic mass is 9.88. The van der Waals surface area contributed by atoms with Crippen LogP contribution in [0.1, 0.15) is 79.1 Å². The molecule has 2 heterocycles. The molecule has 1 saturated heterocycles. The second kappa shape index (κ2) is 13.0. The molecule has 2 amide bonds. The van der Waals surface area contributed by atoms with Gasteiger partial charge in [-0.15, -0.1) is 0 Å². The van der Waals surface area contributed by atoms with E-state index in [9.17, 15) is 14.4 Å². The maximum absolute atomic E-state index is 13.4. The Morgan fingerprint density at radius 1 is 1.12 bits per heavy atom. The first kappa shape index (κ1) is 28.1. The number of methoxy groups -OCH3 is 1. The van der Waals surface area contributed by atoms with Gasteiger partial charge in [-0.3, -0.25) is 9.59 Å². The Labute approximate surface area is 203 Å². The third-order valence-corrected chi connectivity index (χ3v) is 6.34. The van der Waals surface area contributed by atoms with Gasteiger partial charge in [-0.1, -0.05) is 46.0 Å². The fourth-order valence-electron chi connectivity index (χ4n) is 4.79. The molecular weight excluding hydrogens is 438 g/mol. The molecule has 0 bridgehead atoms. The summed E-state index contributed by atoms with van der Waals surface area (Å²) in [5, 5.41) is 8.80. The second-order valence-electron chi connectivity index (χ2n) is 9.89. The number of rotatable bonds is 13. The number of aliphatic hydroxyl groups excluding tert-OH is 1. The van der Waals surface area contributed by atoms with Crippen LogP contribution in [0, 0.1) is 5.92 Å². The molecule has 2 aliphatic heterocycles. The first-order valence-electron chi connectivity index (χ1n) is 12.4. The molecule has 192 valence electrons. The van der Waals surface area contributed by atoms with Crippen molar-refractivity contribution < 1.29 is 33.7 Å². The van der Waals surface area contributed by atoms with Crippen LogP contribution in [0.3, 0.4) is 0 Å². The van der Waals surface area contributed by atoms with E-state index in [0.29, 0.717) is 5.76 Å². The number of unbranched alkanes of at least 4 members (excludes halogenated alkanes) is 7. The molecule has 0 aromatic carbocycles. The van der Waals surface area contributed by atoms with Gasteiger partial charge in [0.2, 0.25) is 0 Å². The molecule has 2 aliphatic rings. The summed E-state index contributed by atoms with van der Waals surface area (Å²) in [7, 11) is 1.33. The Hall–Kier alpha value is -2.19. The van der Waals surface area contributed by atoms with E-state index in [1.807, 2.05) is 19.9 Å². The third kappa shape index (κ3) is 7.15. The monoisotopic (exact) mass is 479 g/mol. The Morgan fingerprint density at radius 2 is 1.74 bits per heavy atom. The number of nitrogens with zero attached hydrogens (tertiary/aromatic N) is 1. The van der Waals surface area contributed by atoms with Crippen LogP contribution in [0.2, 0.25) is 0 Å². The molecule has 8 heteroatoms. The van der Waals surface area contributed by atoms with Gasteiger partial charge in [-0.2, -0.15) is 0 Å². The number of amides is 2. The zero-order valence-corrected chi connectivity index (χ0v) is 21.2. The number of carbonyl (C=O) groups is 3. The van der Waals surface area contributed by atoms with Gasteiger partial charge < -0.3 is 19.3 Å². The molecule has 1 N–H and O–H groups in total.